The number of carbonyl (C=O) groups is 2. The number of halogens is 2. The normalized spacial score (nSPS) is 11.7. The number of methoxy groups -OCH3 is 1. The summed E-state index contributed by atoms with van der Waals surface area (Å²) in [5.41, 5.74) is 0.222. The average molecular weight is 417 g/mol. The van der Waals surface area contributed by atoms with Crippen molar-refractivity contribution in [3.8, 4) is 17.3 Å². The molecule has 1 amide bonds. The van der Waals surface area contributed by atoms with Gasteiger partial charge in [0.05, 0.1) is 25.3 Å². The Morgan fingerprint density at radius 2 is 1.80 bits per heavy atom. The number of ether oxygens (including phenoxy) is 1. The van der Waals surface area contributed by atoms with Crippen LogP contribution in [0.25, 0.3) is 5.69 Å². The smallest absolute Gasteiger partial charge is 0.305 e. The molecule has 0 bridgehead atoms. The quantitative estimate of drug-likeness (QED) is 0.545. The van der Waals surface area contributed by atoms with E-state index in [2.05, 4.69) is 10.4 Å². The van der Waals surface area contributed by atoms with Gasteiger partial charge in [0.1, 0.15) is 17.4 Å². The molecule has 0 aliphatic carbocycles. The van der Waals surface area contributed by atoms with Crippen LogP contribution in [-0.2, 0) is 4.79 Å². The van der Waals surface area contributed by atoms with Crippen molar-refractivity contribution in [1.82, 2.24) is 15.1 Å². The van der Waals surface area contributed by atoms with E-state index in [0.29, 0.717) is 5.69 Å². The first-order chi connectivity index (χ1) is 14.3. The van der Waals surface area contributed by atoms with Gasteiger partial charge in [0.15, 0.2) is 5.69 Å². The van der Waals surface area contributed by atoms with Gasteiger partial charge in [-0.3, -0.25) is 9.59 Å². The lowest BCUT2D eigenvalue weighted by Crippen LogP contribution is -2.31. The number of nitrogens with zero attached hydrogens (tertiary/aromatic N) is 2. The molecular formula is C20H17F2N3O5. The summed E-state index contributed by atoms with van der Waals surface area (Å²) in [5.74, 6) is -3.33. The molecule has 0 aliphatic heterocycles. The second-order valence-corrected chi connectivity index (χ2v) is 6.29. The maximum atomic E-state index is 13.7. The summed E-state index contributed by atoms with van der Waals surface area (Å²) in [6.45, 7) is 0. The highest BCUT2D eigenvalue weighted by Gasteiger charge is 2.24. The number of aromatic hydroxyl groups is 1. The number of aromatic nitrogens is 2. The first kappa shape index (κ1) is 20.8. The van der Waals surface area contributed by atoms with Crippen molar-refractivity contribution in [3.63, 3.8) is 0 Å². The SMILES string of the molecule is COc1ccc(F)cc1C(CC(=O)O)NC(=O)c1cc(O)n(-c2ccc(F)cc2)n1. The second kappa shape index (κ2) is 8.60. The van der Waals surface area contributed by atoms with Crippen LogP contribution in [0.15, 0.2) is 48.5 Å². The van der Waals surface area contributed by atoms with Crippen LogP contribution in [0.4, 0.5) is 8.78 Å². The largest absolute Gasteiger partial charge is 0.496 e. The third kappa shape index (κ3) is 4.54. The van der Waals surface area contributed by atoms with Crippen molar-refractivity contribution in [2.75, 3.05) is 7.11 Å². The summed E-state index contributed by atoms with van der Waals surface area (Å²) in [7, 11) is 1.33. The summed E-state index contributed by atoms with van der Waals surface area (Å²) >= 11 is 0. The van der Waals surface area contributed by atoms with E-state index < -0.39 is 36.0 Å². The second-order valence-electron chi connectivity index (χ2n) is 6.29. The summed E-state index contributed by atoms with van der Waals surface area (Å²) in [6, 6.07) is 8.51. The van der Waals surface area contributed by atoms with Crippen LogP contribution < -0.4 is 10.1 Å². The van der Waals surface area contributed by atoms with E-state index >= 15 is 0 Å². The molecule has 0 radical (unpaired) electrons. The van der Waals surface area contributed by atoms with Crippen molar-refractivity contribution < 1.29 is 33.3 Å². The molecule has 0 aliphatic rings. The molecule has 0 saturated heterocycles. The number of hydrogen-bond acceptors (Lipinski definition) is 5. The van der Waals surface area contributed by atoms with Gasteiger partial charge < -0.3 is 20.3 Å². The first-order valence-corrected chi connectivity index (χ1v) is 8.69. The minimum Gasteiger partial charge on any atom is -0.496 e. The van der Waals surface area contributed by atoms with Gasteiger partial charge in [-0.15, -0.1) is 0 Å². The molecule has 1 heterocycles. The lowest BCUT2D eigenvalue weighted by atomic mass is 10.0. The highest BCUT2D eigenvalue weighted by Crippen LogP contribution is 2.29. The molecule has 2 aromatic carbocycles. The Morgan fingerprint density at radius 3 is 2.43 bits per heavy atom. The van der Waals surface area contributed by atoms with Crippen LogP contribution >= 0.6 is 0 Å². The van der Waals surface area contributed by atoms with Gasteiger partial charge >= 0.3 is 5.97 Å². The van der Waals surface area contributed by atoms with E-state index in [-0.39, 0.29) is 22.9 Å². The summed E-state index contributed by atoms with van der Waals surface area (Å²) in [5, 5.41) is 25.7. The van der Waals surface area contributed by atoms with Crippen molar-refractivity contribution >= 4 is 11.9 Å². The first-order valence-electron chi connectivity index (χ1n) is 8.69. The van der Waals surface area contributed by atoms with E-state index in [1.807, 2.05) is 0 Å². The van der Waals surface area contributed by atoms with Gasteiger partial charge in [0.25, 0.3) is 5.91 Å². The highest BCUT2D eigenvalue weighted by molar-refractivity contribution is 5.93. The number of amides is 1. The number of aliphatic carboxylic acids is 1. The maximum absolute atomic E-state index is 13.7. The molecule has 0 saturated carbocycles. The van der Waals surface area contributed by atoms with Gasteiger partial charge in [-0.05, 0) is 42.5 Å². The number of carboxylic acid groups (broad SMARTS) is 1. The van der Waals surface area contributed by atoms with E-state index in [1.165, 1.54) is 25.3 Å². The molecule has 0 fully saturated rings. The Balaban J connectivity index is 1.90. The zero-order valence-electron chi connectivity index (χ0n) is 15.7. The fourth-order valence-corrected chi connectivity index (χ4v) is 2.88. The molecule has 30 heavy (non-hydrogen) atoms. The number of benzene rings is 2. The number of nitrogens with one attached hydrogen (secondary N) is 1. The van der Waals surface area contributed by atoms with Crippen LogP contribution in [0.2, 0.25) is 0 Å². The molecular weight excluding hydrogens is 400 g/mol. The van der Waals surface area contributed by atoms with Crippen LogP contribution in [0.3, 0.4) is 0 Å². The van der Waals surface area contributed by atoms with Gasteiger partial charge in [0.2, 0.25) is 5.88 Å². The number of carboxylic acids is 1. The molecule has 3 rings (SSSR count). The minimum atomic E-state index is -1.23. The van der Waals surface area contributed by atoms with Crippen molar-refractivity contribution in [2.24, 2.45) is 0 Å². The summed E-state index contributed by atoms with van der Waals surface area (Å²) in [4.78, 5) is 23.9. The fourth-order valence-electron chi connectivity index (χ4n) is 2.88. The Kier molecular flexibility index (Phi) is 5.95. The Hall–Kier alpha value is -3.95. The molecule has 3 N–H and O–H groups in total. The lowest BCUT2D eigenvalue weighted by Gasteiger charge is -2.19. The molecule has 1 aromatic heterocycles. The van der Waals surface area contributed by atoms with Gasteiger partial charge in [-0.1, -0.05) is 0 Å². The Labute approximate surface area is 169 Å². The highest BCUT2D eigenvalue weighted by atomic mass is 19.1. The van der Waals surface area contributed by atoms with Crippen LogP contribution in [0, 0.1) is 11.6 Å². The van der Waals surface area contributed by atoms with Gasteiger partial charge in [0, 0.05) is 11.6 Å². The topological polar surface area (TPSA) is 114 Å². The monoisotopic (exact) mass is 417 g/mol. The average Bonchev–Trinajstić information content (AvgIpc) is 3.09. The van der Waals surface area contributed by atoms with Gasteiger partial charge in [-0.25, -0.2) is 13.5 Å². The molecule has 3 aromatic rings. The van der Waals surface area contributed by atoms with E-state index in [9.17, 15) is 28.6 Å². The zero-order chi connectivity index (χ0) is 21.8. The lowest BCUT2D eigenvalue weighted by molar-refractivity contribution is -0.137. The Morgan fingerprint density at radius 1 is 1.13 bits per heavy atom. The molecule has 10 heteroatoms. The third-order valence-corrected chi connectivity index (χ3v) is 4.25. The van der Waals surface area contributed by atoms with Crippen LogP contribution in [-0.4, -0.2) is 39.0 Å². The molecule has 156 valence electrons. The standard InChI is InChI=1S/C20H17F2N3O5/c1-30-17-7-4-12(22)8-14(17)15(10-19(27)28)23-20(29)16-9-18(26)25(24-16)13-5-2-11(21)3-6-13/h2-9,15,26H,10H2,1H3,(H,23,29)(H,27,28). The molecule has 8 nitrogen and oxygen atoms in total. The van der Waals surface area contributed by atoms with Crippen molar-refractivity contribution in [2.45, 2.75) is 12.5 Å². The predicted molar refractivity (Wildman–Crippen MR) is 101 cm³/mol. The van der Waals surface area contributed by atoms with Gasteiger partial charge in [-0.2, -0.15) is 5.10 Å². The van der Waals surface area contributed by atoms with Crippen LogP contribution in [0.5, 0.6) is 11.6 Å². The summed E-state index contributed by atoms with van der Waals surface area (Å²) in [6.07, 6.45) is -0.545. The predicted octanol–water partition coefficient (Wildman–Crippen LogP) is 2.81. The molecule has 1 atom stereocenters. The van der Waals surface area contributed by atoms with E-state index in [4.69, 9.17) is 4.74 Å². The number of rotatable bonds is 7. The van der Waals surface area contributed by atoms with Crippen LogP contribution in [0.1, 0.15) is 28.5 Å². The number of hydrogen-bond donors (Lipinski definition) is 3. The molecule has 0 spiro atoms. The number of carbonyl (C=O) groups excluding carboxylic acids is 1. The third-order valence-electron chi connectivity index (χ3n) is 4.25. The fraction of sp³-hybridized carbons (Fsp3) is 0.150. The minimum absolute atomic E-state index is 0.135. The van der Waals surface area contributed by atoms with Crippen molar-refractivity contribution in [3.05, 3.63) is 71.4 Å². The van der Waals surface area contributed by atoms with E-state index in [0.717, 1.165) is 35.0 Å². The zero-order valence-corrected chi connectivity index (χ0v) is 15.7. The Bertz CT molecular complexity index is 1080. The van der Waals surface area contributed by atoms with E-state index in [1.54, 1.807) is 0 Å². The summed E-state index contributed by atoms with van der Waals surface area (Å²) < 4.78 is 33.0. The molecule has 1 unspecified atom stereocenters. The van der Waals surface area contributed by atoms with Crippen molar-refractivity contribution in [1.29, 1.82) is 0 Å². The maximum Gasteiger partial charge on any atom is 0.305 e.